The first-order chi connectivity index (χ1) is 10.6. The first-order valence-electron chi connectivity index (χ1n) is 7.85. The Kier molecular flexibility index (Phi) is 3.92. The fourth-order valence-electron chi connectivity index (χ4n) is 2.99. The van der Waals surface area contributed by atoms with Crippen molar-refractivity contribution < 1.29 is 0 Å². The first-order valence-corrected chi connectivity index (χ1v) is 7.85. The van der Waals surface area contributed by atoms with Gasteiger partial charge in [-0.05, 0) is 44.9 Å². The zero-order chi connectivity index (χ0) is 15.7. The van der Waals surface area contributed by atoms with Crippen LogP contribution in [0.15, 0.2) is 34.7 Å². The van der Waals surface area contributed by atoms with Gasteiger partial charge in [-0.15, -0.1) is 0 Å². The molecule has 3 N–H and O–H groups in total. The van der Waals surface area contributed by atoms with Crippen molar-refractivity contribution in [2.75, 3.05) is 6.54 Å². The van der Waals surface area contributed by atoms with Crippen molar-refractivity contribution in [1.29, 1.82) is 0 Å². The van der Waals surface area contributed by atoms with Gasteiger partial charge in [0.1, 0.15) is 6.17 Å². The largest absolute Gasteiger partial charge is 0.351 e. The minimum atomic E-state index is 0.165. The van der Waals surface area contributed by atoms with Crippen LogP contribution in [-0.4, -0.2) is 39.8 Å². The van der Waals surface area contributed by atoms with Crippen LogP contribution in [0.1, 0.15) is 39.8 Å². The lowest BCUT2D eigenvalue weighted by molar-refractivity contribution is 0.226. The fraction of sp³-hybridized carbons (Fsp3) is 0.500. The number of nitrogens with one attached hydrogen (secondary N) is 3. The molecule has 0 amide bonds. The van der Waals surface area contributed by atoms with E-state index in [9.17, 15) is 0 Å². The molecule has 6 heteroatoms. The molecular formula is C16H24N6. The number of nitrogens with zero attached hydrogens (tertiary/aromatic N) is 3. The Labute approximate surface area is 131 Å². The van der Waals surface area contributed by atoms with Gasteiger partial charge < -0.3 is 15.5 Å². The maximum absolute atomic E-state index is 4.48. The molecule has 0 bridgehead atoms. The van der Waals surface area contributed by atoms with Crippen LogP contribution < -0.4 is 10.6 Å². The second kappa shape index (κ2) is 5.87. The number of fused-ring (bicyclic) bond motifs is 1. The van der Waals surface area contributed by atoms with Crippen LogP contribution in [-0.2, 0) is 0 Å². The van der Waals surface area contributed by atoms with E-state index in [0.29, 0.717) is 6.04 Å². The summed E-state index contributed by atoms with van der Waals surface area (Å²) in [7, 11) is 0. The molecule has 0 aromatic carbocycles. The quantitative estimate of drug-likeness (QED) is 0.799. The Bertz CT molecular complexity index is 623. The van der Waals surface area contributed by atoms with Crippen molar-refractivity contribution in [2.45, 2.75) is 46.3 Å². The van der Waals surface area contributed by atoms with Gasteiger partial charge in [-0.2, -0.15) is 5.10 Å². The van der Waals surface area contributed by atoms with Crippen LogP contribution in [0.3, 0.4) is 0 Å². The van der Waals surface area contributed by atoms with E-state index in [0.717, 1.165) is 24.6 Å². The van der Waals surface area contributed by atoms with Crippen molar-refractivity contribution in [3.05, 3.63) is 35.4 Å². The Morgan fingerprint density at radius 2 is 2.27 bits per heavy atom. The SMILES string of the molecule is CCN=C1NC(C)=C2CC(c3ccn[nH]3)=CN(C(C)C)C2N1. The number of allylic oxidation sites excluding steroid dienone is 2. The molecule has 1 unspecified atom stereocenters. The average molecular weight is 300 g/mol. The van der Waals surface area contributed by atoms with Crippen LogP contribution in [0.5, 0.6) is 0 Å². The zero-order valence-electron chi connectivity index (χ0n) is 13.6. The second-order valence-electron chi connectivity index (χ2n) is 5.99. The van der Waals surface area contributed by atoms with Gasteiger partial charge in [0.05, 0.1) is 5.69 Å². The van der Waals surface area contributed by atoms with E-state index in [-0.39, 0.29) is 6.17 Å². The molecule has 0 spiro atoms. The lowest BCUT2D eigenvalue weighted by Gasteiger charge is -2.44. The number of aromatic nitrogens is 2. The third-order valence-corrected chi connectivity index (χ3v) is 4.13. The van der Waals surface area contributed by atoms with Gasteiger partial charge in [0.2, 0.25) is 0 Å². The summed E-state index contributed by atoms with van der Waals surface area (Å²) < 4.78 is 0. The van der Waals surface area contributed by atoms with Crippen LogP contribution in [0, 0.1) is 0 Å². The molecule has 22 heavy (non-hydrogen) atoms. The molecule has 3 heterocycles. The molecular weight excluding hydrogens is 276 g/mol. The highest BCUT2D eigenvalue weighted by atomic mass is 15.4. The molecule has 0 fully saturated rings. The number of rotatable bonds is 3. The van der Waals surface area contributed by atoms with Gasteiger partial charge in [0.25, 0.3) is 0 Å². The molecule has 2 aliphatic heterocycles. The third kappa shape index (κ3) is 2.61. The number of aromatic amines is 1. The molecule has 0 saturated carbocycles. The predicted molar refractivity (Wildman–Crippen MR) is 88.9 cm³/mol. The number of guanidine groups is 1. The lowest BCUT2D eigenvalue weighted by atomic mass is 9.93. The normalized spacial score (nSPS) is 23.3. The van der Waals surface area contributed by atoms with E-state index in [1.807, 2.05) is 13.0 Å². The number of aliphatic imine (C=N–C) groups is 1. The molecule has 1 aromatic rings. The van der Waals surface area contributed by atoms with Crippen LogP contribution in [0.4, 0.5) is 0 Å². The Morgan fingerprint density at radius 1 is 1.45 bits per heavy atom. The van der Waals surface area contributed by atoms with Gasteiger partial charge in [0, 0.05) is 37.1 Å². The number of hydrogen-bond donors (Lipinski definition) is 3. The molecule has 3 rings (SSSR count). The minimum absolute atomic E-state index is 0.165. The first kappa shape index (κ1) is 14.7. The molecule has 1 aromatic heterocycles. The minimum Gasteiger partial charge on any atom is -0.351 e. The fourth-order valence-corrected chi connectivity index (χ4v) is 2.99. The van der Waals surface area contributed by atoms with E-state index >= 15 is 0 Å². The molecule has 0 aliphatic carbocycles. The van der Waals surface area contributed by atoms with Crippen LogP contribution >= 0.6 is 0 Å². The van der Waals surface area contributed by atoms with E-state index in [2.05, 4.69) is 57.7 Å². The maximum Gasteiger partial charge on any atom is 0.197 e. The topological polar surface area (TPSA) is 68.3 Å². The molecule has 0 radical (unpaired) electrons. The van der Waals surface area contributed by atoms with Gasteiger partial charge in [0.15, 0.2) is 5.96 Å². The summed E-state index contributed by atoms with van der Waals surface area (Å²) in [5.74, 6) is 0.859. The van der Waals surface area contributed by atoms with Gasteiger partial charge in [-0.25, -0.2) is 0 Å². The smallest absolute Gasteiger partial charge is 0.197 e. The van der Waals surface area contributed by atoms with Crippen LogP contribution in [0.25, 0.3) is 5.57 Å². The van der Waals surface area contributed by atoms with Crippen molar-refractivity contribution in [1.82, 2.24) is 25.7 Å². The summed E-state index contributed by atoms with van der Waals surface area (Å²) in [5, 5.41) is 14.1. The lowest BCUT2D eigenvalue weighted by Crippen LogP contribution is -2.58. The van der Waals surface area contributed by atoms with E-state index in [4.69, 9.17) is 0 Å². The highest BCUT2D eigenvalue weighted by Crippen LogP contribution is 2.33. The predicted octanol–water partition coefficient (Wildman–Crippen LogP) is 2.03. The summed E-state index contributed by atoms with van der Waals surface area (Å²) in [6.07, 6.45) is 5.10. The molecule has 1 atom stereocenters. The highest BCUT2D eigenvalue weighted by molar-refractivity contribution is 5.84. The Hall–Kier alpha value is -2.24. The molecule has 6 nitrogen and oxygen atoms in total. The van der Waals surface area contributed by atoms with Crippen molar-refractivity contribution in [2.24, 2.45) is 4.99 Å². The summed E-state index contributed by atoms with van der Waals surface area (Å²) in [6.45, 7) is 9.35. The zero-order valence-corrected chi connectivity index (χ0v) is 13.6. The summed E-state index contributed by atoms with van der Waals surface area (Å²) in [4.78, 5) is 6.84. The van der Waals surface area contributed by atoms with Gasteiger partial charge >= 0.3 is 0 Å². The Morgan fingerprint density at radius 3 is 2.91 bits per heavy atom. The van der Waals surface area contributed by atoms with Crippen molar-refractivity contribution >= 4 is 11.5 Å². The summed E-state index contributed by atoms with van der Waals surface area (Å²) >= 11 is 0. The molecule has 2 aliphatic rings. The third-order valence-electron chi connectivity index (χ3n) is 4.13. The summed E-state index contributed by atoms with van der Waals surface area (Å²) in [5.41, 5.74) is 4.89. The van der Waals surface area contributed by atoms with E-state index < -0.39 is 0 Å². The summed E-state index contributed by atoms with van der Waals surface area (Å²) in [6, 6.07) is 2.41. The second-order valence-corrected chi connectivity index (χ2v) is 5.99. The van der Waals surface area contributed by atoms with Gasteiger partial charge in [-0.3, -0.25) is 10.1 Å². The number of hydrogen-bond acceptors (Lipinski definition) is 3. The highest BCUT2D eigenvalue weighted by Gasteiger charge is 2.33. The monoisotopic (exact) mass is 300 g/mol. The number of H-pyrrole nitrogens is 1. The molecule has 0 saturated heterocycles. The van der Waals surface area contributed by atoms with Crippen molar-refractivity contribution in [3.8, 4) is 0 Å². The molecule has 118 valence electrons. The van der Waals surface area contributed by atoms with E-state index in [1.54, 1.807) is 6.20 Å². The van der Waals surface area contributed by atoms with Crippen LogP contribution in [0.2, 0.25) is 0 Å². The Balaban J connectivity index is 2.00. The van der Waals surface area contributed by atoms with E-state index in [1.165, 1.54) is 16.8 Å². The standard InChI is InChI=1S/C16H24N6/c1-5-17-16-19-11(4)13-8-12(14-6-7-18-21-14)9-22(10(2)3)15(13)20-16/h6-7,9-10,15H,5,8H2,1-4H3,(H,18,21)(H2,17,19,20). The maximum atomic E-state index is 4.48. The van der Waals surface area contributed by atoms with Crippen molar-refractivity contribution in [3.63, 3.8) is 0 Å². The van der Waals surface area contributed by atoms with Gasteiger partial charge in [-0.1, -0.05) is 0 Å². The average Bonchev–Trinajstić information content (AvgIpc) is 3.01.